The SMILES string of the molecule is COc1cc2[nH+]c(O)n(C3CCCCC3)c(=O)c2cc1OC. The van der Waals surface area contributed by atoms with E-state index in [1.807, 2.05) is 0 Å². The highest BCUT2D eigenvalue weighted by Gasteiger charge is 2.28. The molecule has 6 heteroatoms. The summed E-state index contributed by atoms with van der Waals surface area (Å²) in [5.41, 5.74) is 0.339. The fourth-order valence-electron chi connectivity index (χ4n) is 3.24. The van der Waals surface area contributed by atoms with Crippen LogP contribution in [0.2, 0.25) is 0 Å². The monoisotopic (exact) mass is 305 g/mol. The summed E-state index contributed by atoms with van der Waals surface area (Å²) < 4.78 is 12.0. The molecule has 1 aliphatic rings. The number of hydrogen-bond acceptors (Lipinski definition) is 4. The Morgan fingerprint density at radius 2 is 1.77 bits per heavy atom. The molecule has 6 nitrogen and oxygen atoms in total. The van der Waals surface area contributed by atoms with Crippen molar-refractivity contribution < 1.29 is 19.6 Å². The summed E-state index contributed by atoms with van der Waals surface area (Å²) in [6.45, 7) is 0. The molecule has 0 atom stereocenters. The summed E-state index contributed by atoms with van der Waals surface area (Å²) in [5.74, 6) is 1.02. The van der Waals surface area contributed by atoms with Crippen molar-refractivity contribution in [3.05, 3.63) is 22.5 Å². The smallest absolute Gasteiger partial charge is 0.454 e. The molecule has 2 aromatic rings. The minimum Gasteiger partial charge on any atom is -0.493 e. The Labute approximate surface area is 128 Å². The van der Waals surface area contributed by atoms with Crippen molar-refractivity contribution in [2.75, 3.05) is 14.2 Å². The number of nitrogens with one attached hydrogen (secondary N) is 1. The Kier molecular flexibility index (Phi) is 3.92. The third-order valence-electron chi connectivity index (χ3n) is 4.39. The van der Waals surface area contributed by atoms with Crippen LogP contribution in [0, 0.1) is 0 Å². The van der Waals surface area contributed by atoms with Crippen LogP contribution >= 0.6 is 0 Å². The lowest BCUT2D eigenvalue weighted by Crippen LogP contribution is -2.31. The number of fused-ring (bicyclic) bond motifs is 1. The normalized spacial score (nSPS) is 15.9. The standard InChI is InChI=1S/C16H20N2O4/c1-21-13-8-11-12(9-14(13)22-2)17-16(20)18(15(11)19)10-6-4-3-5-7-10/h8-10H,3-7H2,1-2H3,(H,17,20)/p+1. The van der Waals surface area contributed by atoms with Crippen molar-refractivity contribution >= 4 is 10.9 Å². The van der Waals surface area contributed by atoms with Crippen LogP contribution in [0.15, 0.2) is 16.9 Å². The van der Waals surface area contributed by atoms with Gasteiger partial charge in [-0.2, -0.15) is 4.57 Å². The van der Waals surface area contributed by atoms with Gasteiger partial charge in [-0.1, -0.05) is 6.42 Å². The van der Waals surface area contributed by atoms with E-state index in [4.69, 9.17) is 9.47 Å². The Hall–Kier alpha value is -2.24. The molecule has 1 aromatic heterocycles. The lowest BCUT2D eigenvalue weighted by atomic mass is 9.95. The van der Waals surface area contributed by atoms with Gasteiger partial charge < -0.3 is 14.6 Å². The maximum atomic E-state index is 12.8. The molecule has 1 aromatic carbocycles. The number of aromatic hydroxyl groups is 1. The molecule has 0 aliphatic heterocycles. The Morgan fingerprint density at radius 3 is 2.41 bits per heavy atom. The van der Waals surface area contributed by atoms with Crippen LogP contribution in [0.1, 0.15) is 38.1 Å². The molecule has 0 saturated heterocycles. The van der Waals surface area contributed by atoms with Crippen LogP contribution in [-0.4, -0.2) is 23.9 Å². The maximum absolute atomic E-state index is 12.8. The first-order valence-electron chi connectivity index (χ1n) is 7.58. The van der Waals surface area contributed by atoms with Crippen LogP contribution in [-0.2, 0) is 0 Å². The van der Waals surface area contributed by atoms with E-state index in [9.17, 15) is 9.90 Å². The topological polar surface area (TPSA) is 74.8 Å². The van der Waals surface area contributed by atoms with Crippen LogP contribution in [0.4, 0.5) is 0 Å². The molecule has 3 rings (SSSR count). The van der Waals surface area contributed by atoms with Gasteiger partial charge in [0.15, 0.2) is 11.5 Å². The predicted molar refractivity (Wildman–Crippen MR) is 81.7 cm³/mol. The molecule has 0 spiro atoms. The van der Waals surface area contributed by atoms with Gasteiger partial charge in [-0.15, -0.1) is 0 Å². The van der Waals surface area contributed by atoms with Gasteiger partial charge in [0.2, 0.25) is 0 Å². The molecule has 0 radical (unpaired) electrons. The van der Waals surface area contributed by atoms with E-state index in [0.717, 1.165) is 25.7 Å². The molecule has 118 valence electrons. The zero-order chi connectivity index (χ0) is 15.7. The van der Waals surface area contributed by atoms with Gasteiger partial charge in [0.05, 0.1) is 14.2 Å². The Morgan fingerprint density at radius 1 is 1.14 bits per heavy atom. The molecule has 0 unspecified atom stereocenters. The fourth-order valence-corrected chi connectivity index (χ4v) is 3.24. The number of aromatic amines is 1. The number of nitrogens with zero attached hydrogens (tertiary/aromatic N) is 1. The molecule has 0 amide bonds. The number of H-pyrrole nitrogens is 1. The minimum absolute atomic E-state index is 0.0509. The molecule has 22 heavy (non-hydrogen) atoms. The first-order chi connectivity index (χ1) is 10.7. The van der Waals surface area contributed by atoms with E-state index >= 15 is 0 Å². The molecule has 1 saturated carbocycles. The number of rotatable bonds is 3. The third-order valence-corrected chi connectivity index (χ3v) is 4.39. The number of benzene rings is 1. The van der Waals surface area contributed by atoms with Crippen LogP contribution in [0.5, 0.6) is 17.5 Å². The second kappa shape index (κ2) is 5.87. The predicted octanol–water partition coefficient (Wildman–Crippen LogP) is 2.04. The van der Waals surface area contributed by atoms with Gasteiger partial charge in [-0.25, -0.2) is 9.78 Å². The summed E-state index contributed by atoms with van der Waals surface area (Å²) >= 11 is 0. The minimum atomic E-state index is -0.195. The highest BCUT2D eigenvalue weighted by molar-refractivity contribution is 5.79. The maximum Gasteiger partial charge on any atom is 0.454 e. The summed E-state index contributed by atoms with van der Waals surface area (Å²) in [4.78, 5) is 15.7. The van der Waals surface area contributed by atoms with Crippen molar-refractivity contribution in [2.45, 2.75) is 38.1 Å². The van der Waals surface area contributed by atoms with Gasteiger partial charge in [0.25, 0.3) is 0 Å². The highest BCUT2D eigenvalue weighted by atomic mass is 16.5. The first-order valence-corrected chi connectivity index (χ1v) is 7.58. The van der Waals surface area contributed by atoms with Crippen molar-refractivity contribution in [3.8, 4) is 17.5 Å². The second-order valence-corrected chi connectivity index (χ2v) is 5.67. The summed E-state index contributed by atoms with van der Waals surface area (Å²) in [6, 6.07) is 3.28. The first kappa shape index (κ1) is 14.7. The van der Waals surface area contributed by atoms with Crippen LogP contribution in [0.25, 0.3) is 10.9 Å². The Balaban J connectivity index is 2.20. The quantitative estimate of drug-likeness (QED) is 0.941. The number of ether oxygens (including phenoxy) is 2. The number of hydrogen-bond donors (Lipinski definition) is 1. The Bertz CT molecular complexity index is 748. The molecule has 1 heterocycles. The molecule has 2 N–H and O–H groups in total. The van der Waals surface area contributed by atoms with Crippen molar-refractivity contribution in [3.63, 3.8) is 0 Å². The number of methoxy groups -OCH3 is 2. The van der Waals surface area contributed by atoms with Gasteiger partial charge in [-0.05, 0) is 25.7 Å². The zero-order valence-corrected chi connectivity index (χ0v) is 12.9. The number of aromatic nitrogens is 2. The largest absolute Gasteiger partial charge is 0.493 e. The van der Waals surface area contributed by atoms with Crippen molar-refractivity contribution in [2.24, 2.45) is 0 Å². The van der Waals surface area contributed by atoms with Crippen molar-refractivity contribution in [1.82, 2.24) is 4.57 Å². The molecule has 1 aliphatic carbocycles. The van der Waals surface area contributed by atoms with Gasteiger partial charge in [0.1, 0.15) is 16.9 Å². The molecular formula is C16H21N2O4+. The average Bonchev–Trinajstić information content (AvgIpc) is 2.54. The van der Waals surface area contributed by atoms with E-state index in [0.29, 0.717) is 22.4 Å². The van der Waals surface area contributed by atoms with Crippen LogP contribution in [0.3, 0.4) is 0 Å². The van der Waals surface area contributed by atoms with Gasteiger partial charge in [0, 0.05) is 12.1 Å². The lowest BCUT2D eigenvalue weighted by molar-refractivity contribution is -0.373. The average molecular weight is 305 g/mol. The van der Waals surface area contributed by atoms with E-state index in [-0.39, 0.29) is 17.6 Å². The third kappa shape index (κ3) is 2.38. The fraction of sp³-hybridized carbons (Fsp3) is 0.500. The van der Waals surface area contributed by atoms with E-state index in [1.54, 1.807) is 12.1 Å². The van der Waals surface area contributed by atoms with E-state index in [2.05, 4.69) is 4.98 Å². The van der Waals surface area contributed by atoms with Gasteiger partial charge in [-0.3, -0.25) is 0 Å². The summed E-state index contributed by atoms with van der Waals surface area (Å²) in [7, 11) is 3.07. The molecule has 0 bridgehead atoms. The van der Waals surface area contributed by atoms with Gasteiger partial charge >= 0.3 is 11.6 Å². The molecule has 1 fully saturated rings. The lowest BCUT2D eigenvalue weighted by Gasteiger charge is -2.19. The van der Waals surface area contributed by atoms with Crippen LogP contribution < -0.4 is 20.0 Å². The van der Waals surface area contributed by atoms with E-state index < -0.39 is 0 Å². The highest BCUT2D eigenvalue weighted by Crippen LogP contribution is 2.32. The van der Waals surface area contributed by atoms with Crippen molar-refractivity contribution in [1.29, 1.82) is 0 Å². The second-order valence-electron chi connectivity index (χ2n) is 5.67. The summed E-state index contributed by atoms with van der Waals surface area (Å²) in [6.07, 6.45) is 5.19. The van der Waals surface area contributed by atoms with E-state index in [1.165, 1.54) is 25.2 Å². The zero-order valence-electron chi connectivity index (χ0n) is 12.9. The molecular weight excluding hydrogens is 284 g/mol. The summed E-state index contributed by atoms with van der Waals surface area (Å²) in [5, 5.41) is 10.8.